The molecule has 6 heteroatoms. The predicted molar refractivity (Wildman–Crippen MR) is 58.7 cm³/mol. The number of nitriles is 1. The van der Waals surface area contributed by atoms with Gasteiger partial charge in [-0.1, -0.05) is 23.2 Å². The van der Waals surface area contributed by atoms with E-state index in [0.29, 0.717) is 5.02 Å². The number of halogens is 2. The molecule has 0 unspecified atom stereocenters. The molecule has 0 bridgehead atoms. The number of benzene rings is 1. The van der Waals surface area contributed by atoms with Gasteiger partial charge in [0.2, 0.25) is 0 Å². The van der Waals surface area contributed by atoms with Gasteiger partial charge in [0.1, 0.15) is 0 Å². The highest BCUT2D eigenvalue weighted by Crippen LogP contribution is 2.26. The van der Waals surface area contributed by atoms with Crippen LogP contribution in [0.1, 0.15) is 6.42 Å². The van der Waals surface area contributed by atoms with Gasteiger partial charge >= 0.3 is 0 Å². The summed E-state index contributed by atoms with van der Waals surface area (Å²) in [7, 11) is -3.51. The number of hydrogen-bond donors (Lipinski definition) is 0. The molecule has 1 aromatic rings. The Morgan fingerprint density at radius 2 is 2.00 bits per heavy atom. The van der Waals surface area contributed by atoms with Crippen LogP contribution in [-0.2, 0) is 9.84 Å². The summed E-state index contributed by atoms with van der Waals surface area (Å²) in [6, 6.07) is 5.99. The molecule has 0 aromatic heterocycles. The summed E-state index contributed by atoms with van der Waals surface area (Å²) >= 11 is 11.4. The Morgan fingerprint density at radius 1 is 1.33 bits per heavy atom. The first-order valence-corrected chi connectivity index (χ1v) is 6.43. The molecule has 80 valence electrons. The predicted octanol–water partition coefficient (Wildman–Crippen LogP) is 2.68. The standard InChI is InChI=1S/C9H7Cl2NO2S/c10-7-2-3-8(11)9(6-7)15(13,14)5-1-4-12/h2-3,6H,1,5H2. The second-order valence-corrected chi connectivity index (χ2v) is 5.72. The molecule has 0 heterocycles. The maximum Gasteiger partial charge on any atom is 0.180 e. The first-order valence-electron chi connectivity index (χ1n) is 4.02. The van der Waals surface area contributed by atoms with E-state index in [-0.39, 0.29) is 22.1 Å². The lowest BCUT2D eigenvalue weighted by molar-refractivity contribution is 0.596. The van der Waals surface area contributed by atoms with E-state index in [9.17, 15) is 8.42 Å². The monoisotopic (exact) mass is 263 g/mol. The molecule has 0 amide bonds. The second-order valence-electron chi connectivity index (χ2n) is 2.80. The van der Waals surface area contributed by atoms with Gasteiger partial charge in [-0.05, 0) is 18.2 Å². The first-order chi connectivity index (χ1) is 6.97. The largest absolute Gasteiger partial charge is 0.224 e. The minimum atomic E-state index is -3.51. The lowest BCUT2D eigenvalue weighted by Crippen LogP contribution is -2.06. The Balaban J connectivity index is 3.16. The van der Waals surface area contributed by atoms with Crippen molar-refractivity contribution in [1.82, 2.24) is 0 Å². The van der Waals surface area contributed by atoms with E-state index >= 15 is 0 Å². The van der Waals surface area contributed by atoms with E-state index in [1.165, 1.54) is 18.2 Å². The first kappa shape index (κ1) is 12.3. The van der Waals surface area contributed by atoms with Crippen LogP contribution in [0.5, 0.6) is 0 Å². The molecule has 15 heavy (non-hydrogen) atoms. The molecule has 0 N–H and O–H groups in total. The molecule has 0 aliphatic carbocycles. The molecule has 0 aliphatic rings. The van der Waals surface area contributed by atoms with Crippen LogP contribution in [0.15, 0.2) is 23.1 Å². The van der Waals surface area contributed by atoms with E-state index in [4.69, 9.17) is 28.5 Å². The molecule has 0 atom stereocenters. The zero-order valence-corrected chi connectivity index (χ0v) is 9.90. The van der Waals surface area contributed by atoms with Crippen molar-refractivity contribution in [2.45, 2.75) is 11.3 Å². The molecule has 0 aliphatic heterocycles. The lowest BCUT2D eigenvalue weighted by atomic mass is 10.4. The minimum Gasteiger partial charge on any atom is -0.224 e. The Labute approximate surface area is 98.2 Å². The summed E-state index contributed by atoms with van der Waals surface area (Å²) in [5, 5.41) is 8.75. The lowest BCUT2D eigenvalue weighted by Gasteiger charge is -2.04. The van der Waals surface area contributed by atoms with E-state index in [1.54, 1.807) is 6.07 Å². The van der Waals surface area contributed by atoms with Gasteiger partial charge < -0.3 is 0 Å². The van der Waals surface area contributed by atoms with Crippen molar-refractivity contribution < 1.29 is 8.42 Å². The molecule has 0 saturated heterocycles. The van der Waals surface area contributed by atoms with Crippen molar-refractivity contribution in [3.8, 4) is 6.07 Å². The number of nitrogens with zero attached hydrogens (tertiary/aromatic N) is 1. The second kappa shape index (κ2) is 4.84. The Hall–Kier alpha value is -0.760. The average Bonchev–Trinajstić information content (AvgIpc) is 2.18. The molecular weight excluding hydrogens is 257 g/mol. The van der Waals surface area contributed by atoms with Gasteiger partial charge in [0.25, 0.3) is 0 Å². The van der Waals surface area contributed by atoms with Crippen LogP contribution in [0.25, 0.3) is 0 Å². The summed E-state index contributed by atoms with van der Waals surface area (Å²) in [6.45, 7) is 0. The highest BCUT2D eigenvalue weighted by atomic mass is 35.5. The van der Waals surface area contributed by atoms with Crippen LogP contribution in [0.2, 0.25) is 10.0 Å². The fourth-order valence-electron chi connectivity index (χ4n) is 1.01. The maximum absolute atomic E-state index is 11.7. The molecule has 0 saturated carbocycles. The summed E-state index contributed by atoms with van der Waals surface area (Å²) in [5.74, 6) is -0.246. The van der Waals surface area contributed by atoms with Crippen molar-refractivity contribution in [3.63, 3.8) is 0 Å². The van der Waals surface area contributed by atoms with Crippen LogP contribution < -0.4 is 0 Å². The number of rotatable bonds is 3. The van der Waals surface area contributed by atoms with Crippen molar-refractivity contribution in [1.29, 1.82) is 5.26 Å². The normalized spacial score (nSPS) is 11.0. The van der Waals surface area contributed by atoms with Crippen molar-refractivity contribution in [2.24, 2.45) is 0 Å². The molecule has 1 aromatic carbocycles. The van der Waals surface area contributed by atoms with Crippen LogP contribution >= 0.6 is 23.2 Å². The van der Waals surface area contributed by atoms with Crippen molar-refractivity contribution >= 4 is 33.0 Å². The summed E-state index contributed by atoms with van der Waals surface area (Å²) in [5.41, 5.74) is 0. The average molecular weight is 264 g/mol. The highest BCUT2D eigenvalue weighted by molar-refractivity contribution is 7.91. The third-order valence-electron chi connectivity index (χ3n) is 1.71. The van der Waals surface area contributed by atoms with Gasteiger partial charge in [0, 0.05) is 11.4 Å². The van der Waals surface area contributed by atoms with Crippen LogP contribution in [0.4, 0.5) is 0 Å². The van der Waals surface area contributed by atoms with Crippen LogP contribution in [0.3, 0.4) is 0 Å². The fourth-order valence-corrected chi connectivity index (χ4v) is 2.96. The fraction of sp³-hybridized carbons (Fsp3) is 0.222. The summed E-state index contributed by atoms with van der Waals surface area (Å²) in [4.78, 5) is -0.0214. The van der Waals surface area contributed by atoms with Gasteiger partial charge in [-0.2, -0.15) is 5.26 Å². The van der Waals surface area contributed by atoms with Crippen LogP contribution in [-0.4, -0.2) is 14.2 Å². The van der Waals surface area contributed by atoms with Crippen LogP contribution in [0, 0.1) is 11.3 Å². The summed E-state index contributed by atoms with van der Waals surface area (Å²) in [6.07, 6.45) is -0.0643. The van der Waals surface area contributed by atoms with E-state index in [0.717, 1.165) is 0 Å². The topological polar surface area (TPSA) is 57.9 Å². The van der Waals surface area contributed by atoms with Crippen molar-refractivity contribution in [2.75, 3.05) is 5.75 Å². The zero-order chi connectivity index (χ0) is 11.5. The van der Waals surface area contributed by atoms with E-state index in [1.807, 2.05) is 0 Å². The maximum atomic E-state index is 11.7. The third kappa shape index (κ3) is 3.10. The van der Waals surface area contributed by atoms with E-state index < -0.39 is 9.84 Å². The van der Waals surface area contributed by atoms with Gasteiger partial charge in [0.05, 0.1) is 21.7 Å². The molecule has 0 spiro atoms. The number of hydrogen-bond acceptors (Lipinski definition) is 3. The Bertz CT molecular complexity index is 505. The smallest absolute Gasteiger partial charge is 0.180 e. The van der Waals surface area contributed by atoms with Crippen molar-refractivity contribution in [3.05, 3.63) is 28.2 Å². The SMILES string of the molecule is N#CCCS(=O)(=O)c1cc(Cl)ccc1Cl. The molecule has 3 nitrogen and oxygen atoms in total. The van der Waals surface area contributed by atoms with Gasteiger partial charge in [0.15, 0.2) is 9.84 Å². The molecule has 0 fully saturated rings. The Kier molecular flexibility index (Phi) is 3.97. The minimum absolute atomic E-state index is 0.0214. The van der Waals surface area contributed by atoms with Gasteiger partial charge in [-0.3, -0.25) is 0 Å². The zero-order valence-electron chi connectivity index (χ0n) is 7.57. The third-order valence-corrected chi connectivity index (χ3v) is 4.14. The number of sulfone groups is 1. The van der Waals surface area contributed by atoms with Gasteiger partial charge in [-0.15, -0.1) is 0 Å². The van der Waals surface area contributed by atoms with E-state index in [2.05, 4.69) is 0 Å². The molecule has 1 rings (SSSR count). The highest BCUT2D eigenvalue weighted by Gasteiger charge is 2.17. The molecule has 0 radical (unpaired) electrons. The quantitative estimate of drug-likeness (QED) is 0.843. The molecular formula is C9H7Cl2NO2S. The summed E-state index contributed by atoms with van der Waals surface area (Å²) < 4.78 is 23.3. The Morgan fingerprint density at radius 3 is 2.60 bits per heavy atom. The van der Waals surface area contributed by atoms with Gasteiger partial charge in [-0.25, -0.2) is 8.42 Å².